The van der Waals surface area contributed by atoms with Crippen LogP contribution in [-0.4, -0.2) is 12.0 Å². The van der Waals surface area contributed by atoms with Gasteiger partial charge in [0.25, 0.3) is 0 Å². The third-order valence-corrected chi connectivity index (χ3v) is 2.69. The van der Waals surface area contributed by atoms with E-state index >= 15 is 0 Å². The zero-order chi connectivity index (χ0) is 13.0. The lowest BCUT2D eigenvalue weighted by Crippen LogP contribution is -2.16. The Kier molecular flexibility index (Phi) is 3.44. The van der Waals surface area contributed by atoms with E-state index in [1.54, 1.807) is 18.3 Å². The molecule has 0 fully saturated rings. The first-order valence-electron chi connectivity index (χ1n) is 5.61. The minimum Gasteiger partial charge on any atom is -0.384 e. The van der Waals surface area contributed by atoms with Gasteiger partial charge in [-0.15, -0.1) is 0 Å². The second-order valence-electron chi connectivity index (χ2n) is 4.11. The van der Waals surface area contributed by atoms with E-state index < -0.39 is 0 Å². The lowest BCUT2D eigenvalue weighted by Gasteiger charge is -2.19. The molecule has 0 aliphatic rings. The van der Waals surface area contributed by atoms with Gasteiger partial charge in [0, 0.05) is 13.6 Å². The average molecular weight is 238 g/mol. The van der Waals surface area contributed by atoms with Crippen molar-refractivity contribution in [3.05, 3.63) is 53.7 Å². The van der Waals surface area contributed by atoms with E-state index in [2.05, 4.69) is 16.0 Å². The number of anilines is 2. The van der Waals surface area contributed by atoms with E-state index in [9.17, 15) is 0 Å². The number of rotatable bonds is 3. The van der Waals surface area contributed by atoms with Crippen molar-refractivity contribution in [1.29, 1.82) is 5.26 Å². The van der Waals surface area contributed by atoms with Crippen molar-refractivity contribution in [2.45, 2.75) is 6.54 Å². The molecule has 0 amide bonds. The molecule has 0 radical (unpaired) electrons. The second kappa shape index (κ2) is 5.19. The minimum atomic E-state index is 0.513. The topological polar surface area (TPSA) is 65.9 Å². The van der Waals surface area contributed by atoms with Crippen LogP contribution in [0, 0.1) is 11.3 Å². The van der Waals surface area contributed by atoms with Gasteiger partial charge in [-0.1, -0.05) is 12.1 Å². The van der Waals surface area contributed by atoms with Gasteiger partial charge in [-0.2, -0.15) is 5.26 Å². The number of aromatic nitrogens is 1. The summed E-state index contributed by atoms with van der Waals surface area (Å²) in [5, 5.41) is 8.86. The lowest BCUT2D eigenvalue weighted by atomic mass is 10.1. The minimum absolute atomic E-state index is 0.513. The van der Waals surface area contributed by atoms with Crippen molar-refractivity contribution in [3.8, 4) is 6.07 Å². The molecular weight excluding hydrogens is 224 g/mol. The molecule has 2 N–H and O–H groups in total. The first kappa shape index (κ1) is 11.9. The van der Waals surface area contributed by atoms with Crippen LogP contribution in [0.1, 0.15) is 11.1 Å². The Bertz CT molecular complexity index is 569. The normalized spacial score (nSPS) is 9.78. The second-order valence-corrected chi connectivity index (χ2v) is 4.11. The summed E-state index contributed by atoms with van der Waals surface area (Å²) in [4.78, 5) is 6.12. The van der Waals surface area contributed by atoms with Gasteiger partial charge < -0.3 is 10.6 Å². The smallest absolute Gasteiger partial charge is 0.123 e. The molecule has 0 saturated heterocycles. The summed E-state index contributed by atoms with van der Waals surface area (Å²) in [6.45, 7) is 0.723. The van der Waals surface area contributed by atoms with Crippen LogP contribution in [0.2, 0.25) is 0 Å². The average Bonchev–Trinajstić information content (AvgIpc) is 2.39. The van der Waals surface area contributed by atoms with Gasteiger partial charge in [0.15, 0.2) is 0 Å². The quantitative estimate of drug-likeness (QED) is 0.890. The highest BCUT2D eigenvalue weighted by Crippen LogP contribution is 2.15. The molecule has 2 rings (SSSR count). The molecule has 4 heteroatoms. The van der Waals surface area contributed by atoms with Crippen molar-refractivity contribution in [2.75, 3.05) is 17.7 Å². The van der Waals surface area contributed by atoms with Crippen LogP contribution in [0.15, 0.2) is 42.6 Å². The molecule has 2 aromatic rings. The van der Waals surface area contributed by atoms with Crippen molar-refractivity contribution in [3.63, 3.8) is 0 Å². The fourth-order valence-electron chi connectivity index (χ4n) is 1.73. The zero-order valence-electron chi connectivity index (χ0n) is 10.2. The van der Waals surface area contributed by atoms with Gasteiger partial charge in [-0.25, -0.2) is 4.98 Å². The lowest BCUT2D eigenvalue weighted by molar-refractivity contribution is 0.918. The molecule has 0 unspecified atom stereocenters. The Labute approximate surface area is 106 Å². The Morgan fingerprint density at radius 1 is 1.33 bits per heavy atom. The Morgan fingerprint density at radius 3 is 2.83 bits per heavy atom. The Balaban J connectivity index is 2.13. The maximum Gasteiger partial charge on any atom is 0.123 e. The number of nitrogen functional groups attached to an aromatic ring is 1. The summed E-state index contributed by atoms with van der Waals surface area (Å²) in [5.74, 6) is 0.513. The number of pyridine rings is 1. The molecule has 1 aromatic carbocycles. The molecule has 0 atom stereocenters. The predicted molar refractivity (Wildman–Crippen MR) is 71.9 cm³/mol. The van der Waals surface area contributed by atoms with Gasteiger partial charge in [0.2, 0.25) is 0 Å². The van der Waals surface area contributed by atoms with Crippen molar-refractivity contribution >= 4 is 11.5 Å². The maximum atomic E-state index is 8.86. The molecule has 0 saturated carbocycles. The highest BCUT2D eigenvalue weighted by Gasteiger charge is 2.03. The molecule has 1 heterocycles. The summed E-state index contributed by atoms with van der Waals surface area (Å²) in [5.41, 5.74) is 8.31. The van der Waals surface area contributed by atoms with Crippen molar-refractivity contribution in [2.24, 2.45) is 0 Å². The molecule has 0 spiro atoms. The molecule has 0 bridgehead atoms. The van der Waals surface area contributed by atoms with Crippen molar-refractivity contribution < 1.29 is 0 Å². The van der Waals surface area contributed by atoms with Crippen LogP contribution in [-0.2, 0) is 6.54 Å². The van der Waals surface area contributed by atoms with E-state index in [0.29, 0.717) is 11.4 Å². The van der Waals surface area contributed by atoms with E-state index in [1.165, 1.54) is 0 Å². The number of nitriles is 1. The van der Waals surface area contributed by atoms with Crippen LogP contribution in [0.4, 0.5) is 11.5 Å². The summed E-state index contributed by atoms with van der Waals surface area (Å²) in [6, 6.07) is 13.4. The SMILES string of the molecule is CN(Cc1cccc(C#N)c1)c1ccc(N)nc1. The first-order chi connectivity index (χ1) is 8.69. The number of hydrogen-bond donors (Lipinski definition) is 1. The first-order valence-corrected chi connectivity index (χ1v) is 5.61. The van der Waals surface area contributed by atoms with E-state index in [0.717, 1.165) is 17.8 Å². The van der Waals surface area contributed by atoms with Gasteiger partial charge >= 0.3 is 0 Å². The molecule has 4 nitrogen and oxygen atoms in total. The number of nitrogens with two attached hydrogens (primary N) is 1. The predicted octanol–water partition coefficient (Wildman–Crippen LogP) is 2.17. The molecule has 0 aliphatic carbocycles. The van der Waals surface area contributed by atoms with Gasteiger partial charge in [0.1, 0.15) is 5.82 Å². The van der Waals surface area contributed by atoms with Crippen LogP contribution in [0.25, 0.3) is 0 Å². The van der Waals surface area contributed by atoms with E-state index in [4.69, 9.17) is 11.0 Å². The third-order valence-electron chi connectivity index (χ3n) is 2.69. The highest BCUT2D eigenvalue weighted by atomic mass is 15.1. The number of hydrogen-bond acceptors (Lipinski definition) is 4. The molecule has 0 aliphatic heterocycles. The van der Waals surface area contributed by atoms with E-state index in [1.807, 2.05) is 31.3 Å². The van der Waals surface area contributed by atoms with Gasteiger partial charge in [0.05, 0.1) is 23.5 Å². The fourth-order valence-corrected chi connectivity index (χ4v) is 1.73. The standard InChI is InChI=1S/C14H14N4/c1-18(13-5-6-14(16)17-9-13)10-12-4-2-3-11(7-12)8-15/h2-7,9H,10H2,1H3,(H2,16,17). The third kappa shape index (κ3) is 2.77. The van der Waals surface area contributed by atoms with Crippen LogP contribution >= 0.6 is 0 Å². The monoisotopic (exact) mass is 238 g/mol. The van der Waals surface area contributed by atoms with Gasteiger partial charge in [-0.05, 0) is 29.8 Å². The van der Waals surface area contributed by atoms with Crippen LogP contribution < -0.4 is 10.6 Å². The number of nitrogens with zero attached hydrogens (tertiary/aromatic N) is 3. The summed E-state index contributed by atoms with van der Waals surface area (Å²) in [7, 11) is 1.98. The summed E-state index contributed by atoms with van der Waals surface area (Å²) < 4.78 is 0. The summed E-state index contributed by atoms with van der Waals surface area (Å²) >= 11 is 0. The van der Waals surface area contributed by atoms with Crippen LogP contribution in [0.3, 0.4) is 0 Å². The number of benzene rings is 1. The largest absolute Gasteiger partial charge is 0.384 e. The van der Waals surface area contributed by atoms with Crippen molar-refractivity contribution in [1.82, 2.24) is 4.98 Å². The van der Waals surface area contributed by atoms with Gasteiger partial charge in [-0.3, -0.25) is 0 Å². The molecule has 18 heavy (non-hydrogen) atoms. The Morgan fingerprint density at radius 2 is 2.17 bits per heavy atom. The summed E-state index contributed by atoms with van der Waals surface area (Å²) in [6.07, 6.45) is 1.74. The molecule has 1 aromatic heterocycles. The van der Waals surface area contributed by atoms with E-state index in [-0.39, 0.29) is 0 Å². The maximum absolute atomic E-state index is 8.86. The highest BCUT2D eigenvalue weighted by molar-refractivity contribution is 5.48. The zero-order valence-corrected chi connectivity index (χ0v) is 10.2. The fraction of sp³-hybridized carbons (Fsp3) is 0.143. The molecular formula is C14H14N4. The Hall–Kier alpha value is -2.54. The molecule has 90 valence electrons. The van der Waals surface area contributed by atoms with Crippen LogP contribution in [0.5, 0.6) is 0 Å².